The van der Waals surface area contributed by atoms with E-state index in [4.69, 9.17) is 5.11 Å². The predicted molar refractivity (Wildman–Crippen MR) is 65.1 cm³/mol. The average molecular weight is 372 g/mol. The van der Waals surface area contributed by atoms with E-state index in [1.165, 1.54) is 12.1 Å². The summed E-state index contributed by atoms with van der Waals surface area (Å²) in [6.07, 6.45) is 2.01. The number of benzene rings is 1. The molecule has 92 valence electrons. The molecule has 0 bridgehead atoms. The minimum Gasteiger partial charge on any atom is -0.478 e. The highest BCUT2D eigenvalue weighted by molar-refractivity contribution is 9.11. The van der Waals surface area contributed by atoms with E-state index < -0.39 is 12.6 Å². The molecule has 0 radical (unpaired) electrons. The van der Waals surface area contributed by atoms with Gasteiger partial charge >= 0.3 is 12.6 Å². The van der Waals surface area contributed by atoms with E-state index >= 15 is 0 Å². The zero-order valence-electron chi connectivity index (χ0n) is 8.16. The zero-order valence-corrected chi connectivity index (χ0v) is 11.3. The number of rotatable bonds is 4. The van der Waals surface area contributed by atoms with Gasteiger partial charge in [0.25, 0.3) is 0 Å². The Labute approximate surface area is 112 Å². The smallest absolute Gasteiger partial charge is 0.387 e. The molecular formula is C10H6Br2F2O3. The van der Waals surface area contributed by atoms with Crippen molar-refractivity contribution in [2.75, 3.05) is 0 Å². The topological polar surface area (TPSA) is 46.5 Å². The largest absolute Gasteiger partial charge is 0.478 e. The van der Waals surface area contributed by atoms with Gasteiger partial charge in [0.05, 0.1) is 4.47 Å². The molecule has 1 rings (SSSR count). The van der Waals surface area contributed by atoms with Crippen molar-refractivity contribution in [1.82, 2.24) is 0 Å². The van der Waals surface area contributed by atoms with E-state index in [1.807, 2.05) is 0 Å². The molecule has 0 fully saturated rings. The van der Waals surface area contributed by atoms with Crippen LogP contribution < -0.4 is 4.74 Å². The quantitative estimate of drug-likeness (QED) is 0.816. The molecule has 1 aromatic rings. The minimum atomic E-state index is -2.99. The van der Waals surface area contributed by atoms with Crippen molar-refractivity contribution >= 4 is 43.9 Å². The van der Waals surface area contributed by atoms with Gasteiger partial charge in [-0.05, 0) is 34.1 Å². The van der Waals surface area contributed by atoms with Crippen LogP contribution in [-0.4, -0.2) is 17.7 Å². The van der Waals surface area contributed by atoms with Gasteiger partial charge in [0, 0.05) is 16.1 Å². The fourth-order valence-corrected chi connectivity index (χ4v) is 1.95. The first-order valence-corrected chi connectivity index (χ1v) is 5.84. The van der Waals surface area contributed by atoms with Gasteiger partial charge in [-0.1, -0.05) is 15.9 Å². The number of alkyl halides is 2. The van der Waals surface area contributed by atoms with Crippen LogP contribution in [0.1, 0.15) is 5.56 Å². The standard InChI is InChI=1S/C10H6Br2F2O3/c11-6-2-3-7(12)9(17-10(13)14)5(6)1-4-8(15)16/h1-4,10H,(H,15,16)/b4-1+. The van der Waals surface area contributed by atoms with Crippen molar-refractivity contribution in [1.29, 1.82) is 0 Å². The molecule has 0 spiro atoms. The number of ether oxygens (including phenoxy) is 1. The molecule has 3 nitrogen and oxygen atoms in total. The summed E-state index contributed by atoms with van der Waals surface area (Å²) in [7, 11) is 0. The van der Waals surface area contributed by atoms with Gasteiger partial charge in [-0.25, -0.2) is 4.79 Å². The summed E-state index contributed by atoms with van der Waals surface area (Å²) >= 11 is 6.19. The van der Waals surface area contributed by atoms with Gasteiger partial charge in [-0.15, -0.1) is 0 Å². The second kappa shape index (κ2) is 6.11. The van der Waals surface area contributed by atoms with Gasteiger partial charge in [0.2, 0.25) is 0 Å². The van der Waals surface area contributed by atoms with Gasteiger partial charge < -0.3 is 9.84 Å². The monoisotopic (exact) mass is 370 g/mol. The van der Waals surface area contributed by atoms with E-state index in [0.717, 1.165) is 6.08 Å². The average Bonchev–Trinajstić information content (AvgIpc) is 2.22. The summed E-state index contributed by atoms with van der Waals surface area (Å²) in [5.74, 6) is -1.30. The molecule has 0 amide bonds. The molecule has 1 N–H and O–H groups in total. The molecule has 0 aliphatic rings. The normalized spacial score (nSPS) is 11.1. The molecule has 7 heteroatoms. The lowest BCUT2D eigenvalue weighted by Crippen LogP contribution is -2.04. The summed E-state index contributed by atoms with van der Waals surface area (Å²) in [4.78, 5) is 10.4. The lowest BCUT2D eigenvalue weighted by atomic mass is 10.2. The van der Waals surface area contributed by atoms with Crippen LogP contribution >= 0.6 is 31.9 Å². The Morgan fingerprint density at radius 2 is 1.94 bits per heavy atom. The Balaban J connectivity index is 3.24. The SMILES string of the molecule is O=C(O)/C=C/c1c(Br)ccc(Br)c1OC(F)F. The van der Waals surface area contributed by atoms with E-state index in [2.05, 4.69) is 36.6 Å². The van der Waals surface area contributed by atoms with Gasteiger partial charge in [0.15, 0.2) is 0 Å². The summed E-state index contributed by atoms with van der Waals surface area (Å²) in [6.45, 7) is -2.99. The summed E-state index contributed by atoms with van der Waals surface area (Å²) < 4.78 is 29.5. The van der Waals surface area contributed by atoms with E-state index in [1.54, 1.807) is 6.07 Å². The fraction of sp³-hybridized carbons (Fsp3) is 0.100. The number of halogens is 4. The fourth-order valence-electron chi connectivity index (χ4n) is 1.07. The second-order valence-corrected chi connectivity index (χ2v) is 4.53. The third kappa shape index (κ3) is 4.08. The first kappa shape index (κ1) is 14.1. The summed E-state index contributed by atoms with van der Waals surface area (Å²) in [5, 5.41) is 8.50. The van der Waals surface area contributed by atoms with Crippen LogP contribution in [0.4, 0.5) is 8.78 Å². The van der Waals surface area contributed by atoms with E-state index in [0.29, 0.717) is 8.95 Å². The van der Waals surface area contributed by atoms with Crippen LogP contribution in [0.3, 0.4) is 0 Å². The van der Waals surface area contributed by atoms with Crippen LogP contribution in [-0.2, 0) is 4.79 Å². The number of carbonyl (C=O) groups is 1. The van der Waals surface area contributed by atoms with Crippen molar-refractivity contribution in [3.63, 3.8) is 0 Å². The minimum absolute atomic E-state index is 0.119. The van der Waals surface area contributed by atoms with Gasteiger partial charge in [0.1, 0.15) is 5.75 Å². The van der Waals surface area contributed by atoms with Crippen LogP contribution in [0, 0.1) is 0 Å². The summed E-state index contributed by atoms with van der Waals surface area (Å²) in [6, 6.07) is 3.10. The van der Waals surface area contributed by atoms with Gasteiger partial charge in [-0.2, -0.15) is 8.78 Å². The molecule has 1 aromatic carbocycles. The Morgan fingerprint density at radius 1 is 1.35 bits per heavy atom. The molecular weight excluding hydrogens is 366 g/mol. The highest BCUT2D eigenvalue weighted by Crippen LogP contribution is 2.36. The van der Waals surface area contributed by atoms with E-state index in [9.17, 15) is 13.6 Å². The van der Waals surface area contributed by atoms with Crippen molar-refractivity contribution < 1.29 is 23.4 Å². The maximum atomic E-state index is 12.2. The number of hydrogen-bond acceptors (Lipinski definition) is 2. The summed E-state index contributed by atoms with van der Waals surface area (Å²) in [5.41, 5.74) is 0.224. The third-order valence-corrected chi connectivity index (χ3v) is 3.01. The molecule has 0 atom stereocenters. The maximum absolute atomic E-state index is 12.2. The number of carboxylic acids is 1. The number of aliphatic carboxylic acids is 1. The Morgan fingerprint density at radius 3 is 2.47 bits per heavy atom. The van der Waals surface area contributed by atoms with Crippen molar-refractivity contribution in [2.45, 2.75) is 6.61 Å². The molecule has 0 aromatic heterocycles. The molecule has 17 heavy (non-hydrogen) atoms. The first-order chi connectivity index (χ1) is 7.91. The Kier molecular flexibility index (Phi) is 5.07. The second-order valence-electron chi connectivity index (χ2n) is 2.82. The number of carboxylic acid groups (broad SMARTS) is 1. The zero-order chi connectivity index (χ0) is 13.0. The predicted octanol–water partition coefficient (Wildman–Crippen LogP) is 3.91. The van der Waals surface area contributed by atoms with Gasteiger partial charge in [-0.3, -0.25) is 0 Å². The van der Waals surface area contributed by atoms with Crippen LogP contribution in [0.25, 0.3) is 6.08 Å². The first-order valence-electron chi connectivity index (χ1n) is 4.25. The maximum Gasteiger partial charge on any atom is 0.387 e. The lowest BCUT2D eigenvalue weighted by Gasteiger charge is -2.11. The van der Waals surface area contributed by atoms with Crippen molar-refractivity contribution in [3.8, 4) is 5.75 Å². The van der Waals surface area contributed by atoms with Crippen LogP contribution in [0.2, 0.25) is 0 Å². The highest BCUT2D eigenvalue weighted by Gasteiger charge is 2.14. The Bertz CT molecular complexity index is 461. The van der Waals surface area contributed by atoms with Crippen LogP contribution in [0.5, 0.6) is 5.75 Å². The molecule has 0 unspecified atom stereocenters. The Hall–Kier alpha value is -0.950. The van der Waals surface area contributed by atoms with Crippen molar-refractivity contribution in [2.24, 2.45) is 0 Å². The highest BCUT2D eigenvalue weighted by atomic mass is 79.9. The number of hydrogen-bond donors (Lipinski definition) is 1. The van der Waals surface area contributed by atoms with Crippen LogP contribution in [0.15, 0.2) is 27.2 Å². The third-order valence-electron chi connectivity index (χ3n) is 1.69. The molecule has 0 aliphatic heterocycles. The van der Waals surface area contributed by atoms with Crippen molar-refractivity contribution in [3.05, 3.63) is 32.7 Å². The molecule has 0 heterocycles. The molecule has 0 saturated carbocycles. The van der Waals surface area contributed by atoms with E-state index in [-0.39, 0.29) is 11.3 Å². The molecule has 0 saturated heterocycles. The molecule has 0 aliphatic carbocycles. The lowest BCUT2D eigenvalue weighted by molar-refractivity contribution is -0.131.